The van der Waals surface area contributed by atoms with Gasteiger partial charge in [0.05, 0.1) is 18.8 Å². The number of aliphatic hydroxyl groups excluding tert-OH is 1. The van der Waals surface area contributed by atoms with Crippen molar-refractivity contribution in [2.24, 2.45) is 0 Å². The summed E-state index contributed by atoms with van der Waals surface area (Å²) in [7, 11) is 0. The van der Waals surface area contributed by atoms with Crippen molar-refractivity contribution >= 4 is 11.6 Å². The Kier molecular flexibility index (Phi) is 5.52. The monoisotopic (exact) mass is 294 g/mol. The number of hydrogen-bond donors (Lipinski definition) is 2. The van der Waals surface area contributed by atoms with Crippen molar-refractivity contribution in [2.75, 3.05) is 6.61 Å². The summed E-state index contributed by atoms with van der Waals surface area (Å²) in [5.74, 6) is 0. The minimum Gasteiger partial charge on any atom is -0.394 e. The summed E-state index contributed by atoms with van der Waals surface area (Å²) in [6.45, 7) is 3.32. The Morgan fingerprint density at radius 2 is 2.10 bits per heavy atom. The molecule has 0 aliphatic heterocycles. The zero-order valence-corrected chi connectivity index (χ0v) is 12.2. The minimum absolute atomic E-state index is 0.0680. The van der Waals surface area contributed by atoms with E-state index in [1.54, 1.807) is 4.68 Å². The second-order valence-corrected chi connectivity index (χ2v) is 5.03. The Labute approximate surface area is 123 Å². The third-order valence-electron chi connectivity index (χ3n) is 3.13. The van der Waals surface area contributed by atoms with Crippen LogP contribution in [0.1, 0.15) is 30.6 Å². The van der Waals surface area contributed by atoms with E-state index in [0.29, 0.717) is 13.1 Å². The van der Waals surface area contributed by atoms with Gasteiger partial charge >= 0.3 is 0 Å². The van der Waals surface area contributed by atoms with Crippen LogP contribution in [0, 0.1) is 0 Å². The minimum atomic E-state index is 0.0680. The van der Waals surface area contributed by atoms with Gasteiger partial charge in [-0.05, 0) is 24.1 Å². The molecule has 0 bridgehead atoms. The van der Waals surface area contributed by atoms with Gasteiger partial charge in [-0.1, -0.05) is 35.9 Å². The largest absolute Gasteiger partial charge is 0.394 e. The maximum absolute atomic E-state index is 8.84. The summed E-state index contributed by atoms with van der Waals surface area (Å²) in [5, 5.41) is 21.1. The average Bonchev–Trinajstić information content (AvgIpc) is 2.89. The molecular weight excluding hydrogens is 276 g/mol. The zero-order valence-electron chi connectivity index (χ0n) is 11.5. The van der Waals surface area contributed by atoms with Gasteiger partial charge in [-0.15, -0.1) is 5.10 Å². The van der Waals surface area contributed by atoms with Gasteiger partial charge in [0, 0.05) is 23.8 Å². The lowest BCUT2D eigenvalue weighted by molar-refractivity contribution is 0.268. The van der Waals surface area contributed by atoms with Crippen LogP contribution >= 0.6 is 11.6 Å². The van der Waals surface area contributed by atoms with Gasteiger partial charge < -0.3 is 10.4 Å². The number of nitrogens with zero attached hydrogens (tertiary/aromatic N) is 3. The van der Waals surface area contributed by atoms with Crippen LogP contribution in [0.2, 0.25) is 5.02 Å². The first-order chi connectivity index (χ1) is 9.72. The lowest BCUT2D eigenvalue weighted by atomic mass is 10.0. The van der Waals surface area contributed by atoms with Crippen LogP contribution in [0.15, 0.2) is 30.5 Å². The third-order valence-corrected chi connectivity index (χ3v) is 3.38. The number of rotatable bonds is 7. The van der Waals surface area contributed by atoms with E-state index in [9.17, 15) is 0 Å². The molecule has 0 spiro atoms. The summed E-state index contributed by atoms with van der Waals surface area (Å²) in [5.41, 5.74) is 2.07. The molecule has 0 radical (unpaired) electrons. The van der Waals surface area contributed by atoms with Crippen molar-refractivity contribution < 1.29 is 5.11 Å². The maximum atomic E-state index is 8.84. The summed E-state index contributed by atoms with van der Waals surface area (Å²) in [6.07, 6.45) is 2.82. The lowest BCUT2D eigenvalue weighted by Crippen LogP contribution is -2.20. The summed E-state index contributed by atoms with van der Waals surface area (Å²) in [6, 6.07) is 8.13. The molecule has 0 amide bonds. The molecule has 5 nitrogen and oxygen atoms in total. The van der Waals surface area contributed by atoms with Crippen LogP contribution in [0.25, 0.3) is 0 Å². The molecule has 20 heavy (non-hydrogen) atoms. The molecule has 1 atom stereocenters. The molecule has 2 rings (SSSR count). The van der Waals surface area contributed by atoms with E-state index in [1.807, 2.05) is 30.5 Å². The molecule has 0 saturated heterocycles. The van der Waals surface area contributed by atoms with E-state index in [0.717, 1.165) is 17.1 Å². The second-order valence-electron chi connectivity index (χ2n) is 4.59. The zero-order chi connectivity index (χ0) is 14.4. The predicted octanol–water partition coefficient (Wildman–Crippen LogP) is 2.16. The first-order valence-electron chi connectivity index (χ1n) is 6.71. The van der Waals surface area contributed by atoms with E-state index >= 15 is 0 Å². The van der Waals surface area contributed by atoms with Crippen molar-refractivity contribution in [3.8, 4) is 0 Å². The van der Waals surface area contributed by atoms with E-state index in [4.69, 9.17) is 16.7 Å². The first kappa shape index (κ1) is 15.0. The molecule has 6 heteroatoms. The Balaban J connectivity index is 1.94. The number of benzene rings is 1. The molecule has 1 aromatic carbocycles. The molecule has 108 valence electrons. The van der Waals surface area contributed by atoms with Crippen LogP contribution < -0.4 is 5.32 Å². The van der Waals surface area contributed by atoms with E-state index in [2.05, 4.69) is 22.6 Å². The second kappa shape index (κ2) is 7.38. The van der Waals surface area contributed by atoms with Crippen LogP contribution in [0.4, 0.5) is 0 Å². The van der Waals surface area contributed by atoms with Gasteiger partial charge in [0.1, 0.15) is 0 Å². The molecule has 2 aromatic rings. The number of hydrogen-bond acceptors (Lipinski definition) is 4. The van der Waals surface area contributed by atoms with Gasteiger partial charge in [0.2, 0.25) is 0 Å². The van der Waals surface area contributed by atoms with Crippen molar-refractivity contribution in [3.63, 3.8) is 0 Å². The van der Waals surface area contributed by atoms with E-state index in [-0.39, 0.29) is 12.6 Å². The lowest BCUT2D eigenvalue weighted by Gasteiger charge is -2.16. The number of halogens is 1. The summed E-state index contributed by atoms with van der Waals surface area (Å²) >= 11 is 5.90. The molecule has 1 heterocycles. The molecule has 1 aromatic heterocycles. The van der Waals surface area contributed by atoms with Crippen LogP contribution in [0.5, 0.6) is 0 Å². The van der Waals surface area contributed by atoms with Gasteiger partial charge in [0.15, 0.2) is 0 Å². The van der Waals surface area contributed by atoms with Crippen LogP contribution in [-0.4, -0.2) is 26.7 Å². The molecular formula is C14H19ClN4O. The number of aromatic nitrogens is 3. The topological polar surface area (TPSA) is 63.0 Å². The van der Waals surface area contributed by atoms with E-state index in [1.165, 1.54) is 5.56 Å². The van der Waals surface area contributed by atoms with Crippen molar-refractivity contribution in [1.29, 1.82) is 0 Å². The van der Waals surface area contributed by atoms with Crippen LogP contribution in [0.3, 0.4) is 0 Å². The summed E-state index contributed by atoms with van der Waals surface area (Å²) < 4.78 is 1.64. The predicted molar refractivity (Wildman–Crippen MR) is 78.4 cm³/mol. The fourth-order valence-corrected chi connectivity index (χ4v) is 2.18. The highest BCUT2D eigenvalue weighted by molar-refractivity contribution is 6.30. The molecule has 0 fully saturated rings. The normalized spacial score (nSPS) is 12.6. The Morgan fingerprint density at radius 1 is 1.35 bits per heavy atom. The van der Waals surface area contributed by atoms with Gasteiger partial charge in [0.25, 0.3) is 0 Å². The maximum Gasteiger partial charge on any atom is 0.0965 e. The highest BCUT2D eigenvalue weighted by Crippen LogP contribution is 2.19. The Bertz CT molecular complexity index is 526. The first-order valence-corrected chi connectivity index (χ1v) is 7.09. The van der Waals surface area contributed by atoms with Gasteiger partial charge in [-0.25, -0.2) is 4.68 Å². The molecule has 0 saturated carbocycles. The smallest absolute Gasteiger partial charge is 0.0965 e. The number of aliphatic hydroxyl groups is 1. The van der Waals surface area contributed by atoms with Crippen molar-refractivity contribution in [2.45, 2.75) is 32.5 Å². The van der Waals surface area contributed by atoms with Crippen molar-refractivity contribution in [3.05, 3.63) is 46.7 Å². The molecule has 0 aliphatic carbocycles. The Hall–Kier alpha value is -1.43. The molecule has 1 unspecified atom stereocenters. The fourth-order valence-electron chi connectivity index (χ4n) is 2.05. The summed E-state index contributed by atoms with van der Waals surface area (Å²) in [4.78, 5) is 0. The van der Waals surface area contributed by atoms with Gasteiger partial charge in [-0.2, -0.15) is 0 Å². The Morgan fingerprint density at radius 3 is 2.75 bits per heavy atom. The average molecular weight is 295 g/mol. The third kappa shape index (κ3) is 4.03. The van der Waals surface area contributed by atoms with Gasteiger partial charge in [-0.3, -0.25) is 0 Å². The quantitative estimate of drug-likeness (QED) is 0.821. The standard InChI is InChI=1S/C14H19ClN4O/c1-2-14(11-3-5-12(15)6-4-11)16-9-13-10-19(7-8-20)18-17-13/h3-6,10,14,16,20H,2,7-9H2,1H3. The van der Waals surface area contributed by atoms with Crippen LogP contribution in [-0.2, 0) is 13.1 Å². The molecule has 0 aliphatic rings. The van der Waals surface area contributed by atoms with E-state index < -0.39 is 0 Å². The van der Waals surface area contributed by atoms with Crippen molar-refractivity contribution in [1.82, 2.24) is 20.3 Å². The SMILES string of the molecule is CCC(NCc1cn(CCO)nn1)c1ccc(Cl)cc1. The highest BCUT2D eigenvalue weighted by Gasteiger charge is 2.09. The number of nitrogens with one attached hydrogen (secondary N) is 1. The highest BCUT2D eigenvalue weighted by atomic mass is 35.5. The molecule has 2 N–H and O–H groups in total. The fraction of sp³-hybridized carbons (Fsp3) is 0.429.